The minimum absolute atomic E-state index is 0. The first-order valence-electron chi connectivity index (χ1n) is 9.69. The van der Waals surface area contributed by atoms with Crippen LogP contribution < -0.4 is 10.1 Å². The van der Waals surface area contributed by atoms with E-state index in [1.807, 2.05) is 30.5 Å². The summed E-state index contributed by atoms with van der Waals surface area (Å²) in [6.45, 7) is 2.13. The lowest BCUT2D eigenvalue weighted by atomic mass is 10.1. The average molecular weight is 410 g/mol. The van der Waals surface area contributed by atoms with Gasteiger partial charge in [-0.2, -0.15) is 0 Å². The molecule has 0 atom stereocenters. The van der Waals surface area contributed by atoms with Crippen molar-refractivity contribution >= 4 is 45.7 Å². The van der Waals surface area contributed by atoms with Crippen molar-refractivity contribution in [1.29, 1.82) is 0 Å². The van der Waals surface area contributed by atoms with E-state index in [-0.39, 0.29) is 18.5 Å². The van der Waals surface area contributed by atoms with Crippen molar-refractivity contribution in [2.75, 3.05) is 25.5 Å². The molecule has 3 heterocycles. The highest BCUT2D eigenvalue weighted by atomic mass is 35.5. The van der Waals surface area contributed by atoms with Crippen molar-refractivity contribution < 1.29 is 4.74 Å². The zero-order valence-corrected chi connectivity index (χ0v) is 17.1. The lowest BCUT2D eigenvalue weighted by Gasteiger charge is -2.29. The van der Waals surface area contributed by atoms with Gasteiger partial charge in [-0.1, -0.05) is 6.07 Å². The molecule has 1 fully saturated rings. The van der Waals surface area contributed by atoms with Gasteiger partial charge in [-0.15, -0.1) is 12.4 Å². The molecule has 0 saturated carbocycles. The molecule has 1 aliphatic rings. The predicted molar refractivity (Wildman–Crippen MR) is 120 cm³/mol. The summed E-state index contributed by atoms with van der Waals surface area (Å²) in [5.74, 6) is 1.61. The molecule has 0 unspecified atom stereocenters. The minimum Gasteiger partial charge on any atom is -0.489 e. The monoisotopic (exact) mass is 409 g/mol. The van der Waals surface area contributed by atoms with Crippen LogP contribution in [0.15, 0.2) is 55.0 Å². The highest BCUT2D eigenvalue weighted by molar-refractivity contribution is 5.96. The fourth-order valence-electron chi connectivity index (χ4n) is 3.82. The van der Waals surface area contributed by atoms with E-state index < -0.39 is 0 Å². The van der Waals surface area contributed by atoms with Crippen molar-refractivity contribution in [1.82, 2.24) is 19.9 Å². The molecule has 0 radical (unpaired) electrons. The lowest BCUT2D eigenvalue weighted by molar-refractivity contribution is 0.116. The molecular weight excluding hydrogens is 386 g/mol. The number of aromatic nitrogens is 3. The van der Waals surface area contributed by atoms with E-state index >= 15 is 0 Å². The molecule has 0 bridgehead atoms. The second kappa shape index (κ2) is 8.27. The quantitative estimate of drug-likeness (QED) is 0.509. The van der Waals surface area contributed by atoms with Crippen molar-refractivity contribution in [3.8, 4) is 5.75 Å². The Morgan fingerprint density at radius 3 is 2.83 bits per heavy atom. The van der Waals surface area contributed by atoms with Gasteiger partial charge >= 0.3 is 0 Å². The van der Waals surface area contributed by atoms with E-state index in [2.05, 4.69) is 50.4 Å². The maximum atomic E-state index is 6.40. The number of piperidine rings is 1. The normalized spacial score (nSPS) is 15.3. The van der Waals surface area contributed by atoms with Crippen molar-refractivity contribution in [3.63, 3.8) is 0 Å². The van der Waals surface area contributed by atoms with Crippen LogP contribution in [0.1, 0.15) is 12.8 Å². The van der Waals surface area contributed by atoms with Crippen LogP contribution in [0.2, 0.25) is 0 Å². The maximum absolute atomic E-state index is 6.40. The Balaban J connectivity index is 0.00000205. The largest absolute Gasteiger partial charge is 0.489 e. The van der Waals surface area contributed by atoms with Gasteiger partial charge < -0.3 is 19.9 Å². The molecular formula is C22H24ClN5O. The van der Waals surface area contributed by atoms with E-state index in [9.17, 15) is 0 Å². The lowest BCUT2D eigenvalue weighted by Crippen LogP contribution is -2.35. The second-order valence-corrected chi connectivity index (χ2v) is 7.40. The summed E-state index contributed by atoms with van der Waals surface area (Å²) in [7, 11) is 2.16. The maximum Gasteiger partial charge on any atom is 0.145 e. The third kappa shape index (κ3) is 3.99. The number of hydrogen-bond acceptors (Lipinski definition) is 5. The number of ether oxygens (including phenoxy) is 1. The summed E-state index contributed by atoms with van der Waals surface area (Å²) < 4.78 is 6.40. The third-order valence-corrected chi connectivity index (χ3v) is 5.40. The fraction of sp³-hybridized carbons (Fsp3) is 0.273. The molecule has 2 N–H and O–H groups in total. The molecule has 0 spiro atoms. The number of aromatic amines is 1. The van der Waals surface area contributed by atoms with E-state index in [0.29, 0.717) is 0 Å². The first-order chi connectivity index (χ1) is 13.8. The minimum atomic E-state index is 0. The number of H-pyrrole nitrogens is 1. The van der Waals surface area contributed by atoms with Crippen LogP contribution in [0, 0.1) is 0 Å². The summed E-state index contributed by atoms with van der Waals surface area (Å²) in [6.07, 6.45) is 5.84. The van der Waals surface area contributed by atoms with Gasteiger partial charge in [-0.3, -0.25) is 0 Å². The van der Waals surface area contributed by atoms with Crippen LogP contribution in [0.25, 0.3) is 21.8 Å². The number of halogens is 1. The van der Waals surface area contributed by atoms with Crippen molar-refractivity contribution in [2.45, 2.75) is 18.9 Å². The van der Waals surface area contributed by atoms with Crippen LogP contribution in [0.3, 0.4) is 0 Å². The van der Waals surface area contributed by atoms with E-state index in [1.54, 1.807) is 6.33 Å². The van der Waals surface area contributed by atoms with Crippen LogP contribution >= 0.6 is 12.4 Å². The summed E-state index contributed by atoms with van der Waals surface area (Å²) in [6, 6.07) is 14.3. The zero-order chi connectivity index (χ0) is 18.9. The number of nitrogens with one attached hydrogen (secondary N) is 2. The summed E-state index contributed by atoms with van der Waals surface area (Å²) in [5.41, 5.74) is 2.98. The van der Waals surface area contributed by atoms with E-state index in [1.165, 1.54) is 0 Å². The van der Waals surface area contributed by atoms with Gasteiger partial charge in [-0.25, -0.2) is 9.97 Å². The van der Waals surface area contributed by atoms with Crippen LogP contribution in [-0.4, -0.2) is 46.1 Å². The highest BCUT2D eigenvalue weighted by Crippen LogP contribution is 2.33. The van der Waals surface area contributed by atoms with Crippen LogP contribution in [-0.2, 0) is 0 Å². The summed E-state index contributed by atoms with van der Waals surface area (Å²) in [5, 5.41) is 5.55. The standard InChI is InChI=1S/C22H23N5O.ClH/c1-27-11-8-17(9-12-27)28-20-4-2-3-19-21(20)22(25-14-24-19)26-16-5-6-18-15(13-16)7-10-23-18;/h2-7,10,13-14,17,23H,8-9,11-12H2,1H3,(H,24,25,26);1H. The second-order valence-electron chi connectivity index (χ2n) is 7.40. The van der Waals surface area contributed by atoms with Crippen molar-refractivity contribution in [2.24, 2.45) is 0 Å². The molecule has 5 rings (SSSR count). The Bertz CT molecular complexity index is 1120. The number of rotatable bonds is 4. The molecule has 2 aromatic heterocycles. The molecule has 29 heavy (non-hydrogen) atoms. The molecule has 0 amide bonds. The van der Waals surface area contributed by atoms with Gasteiger partial charge in [0.15, 0.2) is 0 Å². The zero-order valence-electron chi connectivity index (χ0n) is 16.3. The molecule has 1 saturated heterocycles. The number of likely N-dealkylation sites (tertiary alicyclic amines) is 1. The summed E-state index contributed by atoms with van der Waals surface area (Å²) in [4.78, 5) is 14.5. The Labute approximate surface area is 175 Å². The smallest absolute Gasteiger partial charge is 0.145 e. The van der Waals surface area contributed by atoms with Gasteiger partial charge in [-0.05, 0) is 56.3 Å². The number of fused-ring (bicyclic) bond motifs is 2. The molecule has 0 aliphatic carbocycles. The van der Waals surface area contributed by atoms with Crippen LogP contribution in [0.4, 0.5) is 11.5 Å². The number of benzene rings is 2. The summed E-state index contributed by atoms with van der Waals surface area (Å²) >= 11 is 0. The first-order valence-corrected chi connectivity index (χ1v) is 9.69. The fourth-order valence-corrected chi connectivity index (χ4v) is 3.82. The SMILES string of the molecule is CN1CCC(Oc2cccc3ncnc(Nc4ccc5[nH]ccc5c4)c23)CC1.Cl. The third-order valence-electron chi connectivity index (χ3n) is 5.40. The number of anilines is 2. The average Bonchev–Trinajstić information content (AvgIpc) is 3.18. The molecule has 6 nitrogen and oxygen atoms in total. The predicted octanol–water partition coefficient (Wildman–Crippen LogP) is 4.75. The van der Waals surface area contributed by atoms with Gasteiger partial charge in [0, 0.05) is 35.9 Å². The van der Waals surface area contributed by atoms with E-state index in [4.69, 9.17) is 4.74 Å². The Morgan fingerprint density at radius 1 is 1.10 bits per heavy atom. The number of hydrogen-bond donors (Lipinski definition) is 2. The number of nitrogens with zero attached hydrogens (tertiary/aromatic N) is 3. The van der Waals surface area contributed by atoms with Crippen molar-refractivity contribution in [3.05, 3.63) is 55.0 Å². The van der Waals surface area contributed by atoms with Crippen LogP contribution in [0.5, 0.6) is 5.75 Å². The topological polar surface area (TPSA) is 66.1 Å². The van der Waals surface area contributed by atoms with Gasteiger partial charge in [0.25, 0.3) is 0 Å². The molecule has 4 aromatic rings. The van der Waals surface area contributed by atoms with Gasteiger partial charge in [0.2, 0.25) is 0 Å². The highest BCUT2D eigenvalue weighted by Gasteiger charge is 2.20. The molecule has 150 valence electrons. The van der Waals surface area contributed by atoms with Gasteiger partial charge in [0.05, 0.1) is 10.9 Å². The Hall–Kier alpha value is -2.83. The molecule has 7 heteroatoms. The molecule has 1 aliphatic heterocycles. The van der Waals surface area contributed by atoms with Gasteiger partial charge in [0.1, 0.15) is 24.0 Å². The first kappa shape index (κ1) is 19.5. The Kier molecular flexibility index (Phi) is 5.56. The van der Waals surface area contributed by atoms with E-state index in [0.717, 1.165) is 65.0 Å². The molecule has 2 aromatic carbocycles. The Morgan fingerprint density at radius 2 is 1.97 bits per heavy atom.